The molecule has 0 aliphatic heterocycles. The molecule has 0 spiro atoms. The summed E-state index contributed by atoms with van der Waals surface area (Å²) in [5.41, 5.74) is 2.82. The van der Waals surface area contributed by atoms with E-state index in [1.165, 1.54) is 30.4 Å². The molecule has 0 aromatic heterocycles. The van der Waals surface area contributed by atoms with Gasteiger partial charge in [-0.25, -0.2) is 0 Å². The fourth-order valence-electron chi connectivity index (χ4n) is 2.77. The first-order valence-corrected chi connectivity index (χ1v) is 8.27. The van der Waals surface area contributed by atoms with Crippen molar-refractivity contribution in [2.75, 3.05) is 6.54 Å². The lowest BCUT2D eigenvalue weighted by Crippen LogP contribution is -2.36. The first-order valence-electron chi connectivity index (χ1n) is 8.27. The minimum atomic E-state index is -0.437. The van der Waals surface area contributed by atoms with Crippen LogP contribution in [0.3, 0.4) is 0 Å². The van der Waals surface area contributed by atoms with Crippen LogP contribution in [0.4, 0.5) is 0 Å². The van der Waals surface area contributed by atoms with Crippen LogP contribution in [0.2, 0.25) is 0 Å². The van der Waals surface area contributed by atoms with E-state index < -0.39 is 6.10 Å². The fourth-order valence-corrected chi connectivity index (χ4v) is 2.77. The Hall–Kier alpha value is -1.51. The van der Waals surface area contributed by atoms with Crippen molar-refractivity contribution < 1.29 is 9.53 Å². The number of benzene rings is 1. The zero-order valence-electron chi connectivity index (χ0n) is 13.3. The summed E-state index contributed by atoms with van der Waals surface area (Å²) < 4.78 is 5.79. The van der Waals surface area contributed by atoms with Crippen LogP contribution < -0.4 is 10.1 Å². The number of carbonyl (C=O) groups excluding carboxylic acids is 1. The summed E-state index contributed by atoms with van der Waals surface area (Å²) in [5, 5.41) is 2.94. The van der Waals surface area contributed by atoms with Crippen molar-refractivity contribution in [2.24, 2.45) is 0 Å². The largest absolute Gasteiger partial charge is 0.481 e. The molecule has 0 saturated carbocycles. The molecule has 0 bridgehead atoms. The number of hydrogen-bond donors (Lipinski definition) is 1. The third kappa shape index (κ3) is 4.76. The SMILES string of the molecule is CCCCCNC(=O)[C@@H](C)Oc1ccc2c(c1)CCCC2. The minimum absolute atomic E-state index is 0.0242. The van der Waals surface area contributed by atoms with Gasteiger partial charge in [-0.05, 0) is 62.3 Å². The summed E-state index contributed by atoms with van der Waals surface area (Å²) in [7, 11) is 0. The summed E-state index contributed by atoms with van der Waals surface area (Å²) in [5.74, 6) is 0.788. The predicted octanol–water partition coefficient (Wildman–Crippen LogP) is 3.64. The summed E-state index contributed by atoms with van der Waals surface area (Å²) >= 11 is 0. The Bertz CT molecular complexity index is 470. The second kappa shape index (κ2) is 8.06. The topological polar surface area (TPSA) is 38.3 Å². The molecule has 116 valence electrons. The van der Waals surface area contributed by atoms with Gasteiger partial charge in [0, 0.05) is 6.54 Å². The Balaban J connectivity index is 1.84. The van der Waals surface area contributed by atoms with E-state index in [9.17, 15) is 4.79 Å². The molecule has 0 saturated heterocycles. The van der Waals surface area contributed by atoms with Crippen molar-refractivity contribution in [3.63, 3.8) is 0 Å². The van der Waals surface area contributed by atoms with Crippen LogP contribution in [0, 0.1) is 0 Å². The molecular weight excluding hydrogens is 262 g/mol. The Morgan fingerprint density at radius 3 is 2.76 bits per heavy atom. The predicted molar refractivity (Wildman–Crippen MR) is 85.7 cm³/mol. The summed E-state index contributed by atoms with van der Waals surface area (Å²) in [6, 6.07) is 6.25. The van der Waals surface area contributed by atoms with Crippen LogP contribution in [0.15, 0.2) is 18.2 Å². The lowest BCUT2D eigenvalue weighted by Gasteiger charge is -2.19. The lowest BCUT2D eigenvalue weighted by molar-refractivity contribution is -0.127. The van der Waals surface area contributed by atoms with Gasteiger partial charge in [0.2, 0.25) is 0 Å². The maximum absolute atomic E-state index is 12.0. The molecular formula is C18H27NO2. The lowest BCUT2D eigenvalue weighted by atomic mass is 9.92. The van der Waals surface area contributed by atoms with Crippen LogP contribution in [-0.4, -0.2) is 18.6 Å². The van der Waals surface area contributed by atoms with E-state index in [0.717, 1.165) is 38.0 Å². The number of fused-ring (bicyclic) bond motifs is 1. The average Bonchev–Trinajstić information content (AvgIpc) is 2.51. The van der Waals surface area contributed by atoms with Gasteiger partial charge in [-0.15, -0.1) is 0 Å². The van der Waals surface area contributed by atoms with Crippen LogP contribution in [0.1, 0.15) is 57.1 Å². The van der Waals surface area contributed by atoms with Gasteiger partial charge in [0.25, 0.3) is 5.91 Å². The molecule has 2 rings (SSSR count). The highest BCUT2D eigenvalue weighted by atomic mass is 16.5. The smallest absolute Gasteiger partial charge is 0.260 e. The van der Waals surface area contributed by atoms with Gasteiger partial charge in [0.05, 0.1) is 0 Å². The molecule has 3 nitrogen and oxygen atoms in total. The second-order valence-corrected chi connectivity index (χ2v) is 5.90. The monoisotopic (exact) mass is 289 g/mol. The quantitative estimate of drug-likeness (QED) is 0.778. The average molecular weight is 289 g/mol. The van der Waals surface area contributed by atoms with Crippen LogP contribution in [-0.2, 0) is 17.6 Å². The Morgan fingerprint density at radius 2 is 2.00 bits per heavy atom. The van der Waals surface area contributed by atoms with Crippen LogP contribution >= 0.6 is 0 Å². The fraction of sp³-hybridized carbons (Fsp3) is 0.611. The number of nitrogens with one attached hydrogen (secondary N) is 1. The molecule has 1 aliphatic carbocycles. The van der Waals surface area contributed by atoms with E-state index in [4.69, 9.17) is 4.74 Å². The Kier molecular flexibility index (Phi) is 6.09. The van der Waals surface area contributed by atoms with E-state index in [1.807, 2.05) is 13.0 Å². The van der Waals surface area contributed by atoms with Crippen molar-refractivity contribution in [1.29, 1.82) is 0 Å². The first kappa shape index (κ1) is 15.9. The maximum Gasteiger partial charge on any atom is 0.260 e. The molecule has 1 amide bonds. The molecule has 3 heteroatoms. The highest BCUT2D eigenvalue weighted by Crippen LogP contribution is 2.25. The zero-order chi connectivity index (χ0) is 15.1. The number of amides is 1. The van der Waals surface area contributed by atoms with E-state index in [1.54, 1.807) is 0 Å². The third-order valence-corrected chi connectivity index (χ3v) is 4.08. The van der Waals surface area contributed by atoms with E-state index in [2.05, 4.69) is 24.4 Å². The van der Waals surface area contributed by atoms with E-state index in [-0.39, 0.29) is 5.91 Å². The standard InChI is InChI=1S/C18H27NO2/c1-3-4-7-12-19-18(20)14(2)21-17-11-10-15-8-5-6-9-16(15)13-17/h10-11,13-14H,3-9,12H2,1-2H3,(H,19,20)/t14-/m1/s1. The van der Waals surface area contributed by atoms with Crippen molar-refractivity contribution in [3.05, 3.63) is 29.3 Å². The highest BCUT2D eigenvalue weighted by Gasteiger charge is 2.15. The Morgan fingerprint density at radius 1 is 1.24 bits per heavy atom. The summed E-state index contributed by atoms with van der Waals surface area (Å²) in [4.78, 5) is 12.0. The van der Waals surface area contributed by atoms with Crippen LogP contribution in [0.25, 0.3) is 0 Å². The number of unbranched alkanes of at least 4 members (excludes halogenated alkanes) is 2. The van der Waals surface area contributed by atoms with Gasteiger partial charge in [0.15, 0.2) is 6.10 Å². The van der Waals surface area contributed by atoms with Crippen molar-refractivity contribution in [2.45, 2.75) is 64.9 Å². The number of hydrogen-bond acceptors (Lipinski definition) is 2. The van der Waals surface area contributed by atoms with Gasteiger partial charge in [-0.1, -0.05) is 25.8 Å². The minimum Gasteiger partial charge on any atom is -0.481 e. The number of carbonyl (C=O) groups is 1. The molecule has 0 unspecified atom stereocenters. The molecule has 1 aromatic carbocycles. The van der Waals surface area contributed by atoms with E-state index in [0.29, 0.717) is 0 Å². The molecule has 21 heavy (non-hydrogen) atoms. The first-order chi connectivity index (χ1) is 10.2. The molecule has 1 aliphatic rings. The molecule has 1 N–H and O–H groups in total. The number of rotatable bonds is 7. The van der Waals surface area contributed by atoms with Gasteiger partial charge >= 0.3 is 0 Å². The van der Waals surface area contributed by atoms with Gasteiger partial charge < -0.3 is 10.1 Å². The molecule has 1 atom stereocenters. The summed E-state index contributed by atoms with van der Waals surface area (Å²) in [6.07, 6.45) is 7.75. The summed E-state index contributed by atoms with van der Waals surface area (Å²) in [6.45, 7) is 4.71. The second-order valence-electron chi connectivity index (χ2n) is 5.90. The molecule has 0 radical (unpaired) electrons. The number of aryl methyl sites for hydroxylation is 2. The Labute approximate surface area is 128 Å². The van der Waals surface area contributed by atoms with E-state index >= 15 is 0 Å². The normalized spacial score (nSPS) is 15.1. The van der Waals surface area contributed by atoms with Gasteiger partial charge in [-0.3, -0.25) is 4.79 Å². The van der Waals surface area contributed by atoms with Gasteiger partial charge in [0.1, 0.15) is 5.75 Å². The molecule has 0 heterocycles. The highest BCUT2D eigenvalue weighted by molar-refractivity contribution is 5.80. The zero-order valence-corrected chi connectivity index (χ0v) is 13.3. The molecule has 1 aromatic rings. The molecule has 0 fully saturated rings. The van der Waals surface area contributed by atoms with Crippen molar-refractivity contribution in [3.8, 4) is 5.75 Å². The maximum atomic E-state index is 12.0. The van der Waals surface area contributed by atoms with Crippen LogP contribution in [0.5, 0.6) is 5.75 Å². The number of ether oxygens (including phenoxy) is 1. The van der Waals surface area contributed by atoms with Gasteiger partial charge in [-0.2, -0.15) is 0 Å². The third-order valence-electron chi connectivity index (χ3n) is 4.08. The van der Waals surface area contributed by atoms with Crippen molar-refractivity contribution >= 4 is 5.91 Å². The van der Waals surface area contributed by atoms with Crippen molar-refractivity contribution in [1.82, 2.24) is 5.32 Å².